The van der Waals surface area contributed by atoms with Gasteiger partial charge in [0.15, 0.2) is 0 Å². The van der Waals surface area contributed by atoms with Crippen molar-refractivity contribution in [2.45, 2.75) is 79.1 Å². The van der Waals surface area contributed by atoms with Gasteiger partial charge >= 0.3 is 52.5 Å². The molecule has 2 nitrogen and oxygen atoms in total. The zero-order chi connectivity index (χ0) is 35.2. The summed E-state index contributed by atoms with van der Waals surface area (Å²) in [5.41, 5.74) is 8.25. The third-order valence-corrected chi connectivity index (χ3v) is 7.70. The number of benzene rings is 2. The van der Waals surface area contributed by atoms with Crippen molar-refractivity contribution in [2.75, 3.05) is 0 Å². The Labute approximate surface area is 298 Å². The van der Waals surface area contributed by atoms with Gasteiger partial charge in [-0.25, -0.2) is 9.13 Å². The molecule has 0 unspecified atom stereocenters. The van der Waals surface area contributed by atoms with Crippen LogP contribution in [-0.2, 0) is 19.5 Å². The van der Waals surface area contributed by atoms with Crippen molar-refractivity contribution in [1.29, 1.82) is 0 Å². The number of para-hydroxylation sites is 2. The van der Waals surface area contributed by atoms with Crippen molar-refractivity contribution in [3.63, 3.8) is 0 Å². The maximum absolute atomic E-state index is 10.7. The molecule has 10 heteroatoms. The predicted molar refractivity (Wildman–Crippen MR) is 183 cm³/mol. The van der Waals surface area contributed by atoms with Crippen LogP contribution in [0.15, 0.2) is 48.8 Å². The number of hydrogen-bond acceptors (Lipinski definition) is 0. The fraction of sp³-hybridized carbons (Fsp3) is 0.342. The van der Waals surface area contributed by atoms with Crippen molar-refractivity contribution in [1.82, 2.24) is 4.57 Å². The third kappa shape index (κ3) is 13.1. The molecule has 0 aliphatic heterocycles. The Hall–Kier alpha value is -1.85. The molecule has 0 saturated heterocycles. The number of hydrogen-bond donors (Lipinski definition) is 0. The second-order valence-corrected chi connectivity index (χ2v) is 14.9. The van der Waals surface area contributed by atoms with Crippen LogP contribution in [0.25, 0.3) is 11.4 Å². The van der Waals surface area contributed by atoms with Crippen LogP contribution in [0.5, 0.6) is 0 Å². The number of aromatic nitrogens is 2. The van der Waals surface area contributed by atoms with E-state index in [0.717, 1.165) is 0 Å². The average Bonchev–Trinajstić information content (AvgIpc) is 3.75. The Bertz CT molecular complexity index is 1300. The average molecular weight is 778 g/mol. The number of imidazole rings is 1. The van der Waals surface area contributed by atoms with Crippen LogP contribution in [0.2, 0.25) is 0 Å². The van der Waals surface area contributed by atoms with Crippen molar-refractivity contribution >= 4 is 7.81 Å². The van der Waals surface area contributed by atoms with E-state index in [1.165, 1.54) is 39.5 Å². The molecule has 9 radical (unpaired) electrons. The van der Waals surface area contributed by atoms with Gasteiger partial charge in [-0.05, 0) is 68.6 Å². The standard InChI is InChI=1S/C33H42N2.C5H5.F6P.Ru/c1-22(2)27-15-11-16-28(23(3)4)32(27)34-19-20-35(31(34)21-26-13-9-10-14-26)33-29(24(5)6)17-12-18-30(33)25(7)8;1-2-4-5-3-1;1-7(2,3,4,5)6;/h9-26H,1-8H3;1-5H;;/q;;-1;+2. The quantitative estimate of drug-likeness (QED) is 0.0708. The topological polar surface area (TPSA) is 8.81 Å². The van der Waals surface area contributed by atoms with Gasteiger partial charge in [0.25, 0.3) is 0 Å². The van der Waals surface area contributed by atoms with Gasteiger partial charge in [0.2, 0.25) is 0 Å². The minimum absolute atomic E-state index is 0. The van der Waals surface area contributed by atoms with Gasteiger partial charge in [0.05, 0.1) is 0 Å². The van der Waals surface area contributed by atoms with Crippen LogP contribution in [-0.4, -0.2) is 4.57 Å². The molecule has 0 N–H and O–H groups in total. The molecule has 2 fully saturated rings. The molecule has 0 atom stereocenters. The summed E-state index contributed by atoms with van der Waals surface area (Å²) in [5, 5.41) is 0. The van der Waals surface area contributed by atoms with Crippen LogP contribution in [0, 0.1) is 70.1 Å². The Morgan fingerprint density at radius 2 is 0.958 bits per heavy atom. The second kappa shape index (κ2) is 16.4. The molecule has 0 amide bonds. The van der Waals surface area contributed by atoms with E-state index in [2.05, 4.69) is 145 Å². The van der Waals surface area contributed by atoms with Gasteiger partial charge in [0.1, 0.15) is 29.6 Å². The zero-order valence-electron chi connectivity index (χ0n) is 28.7. The van der Waals surface area contributed by atoms with Crippen LogP contribution < -0.4 is 4.57 Å². The van der Waals surface area contributed by atoms with E-state index >= 15 is 0 Å². The molecule has 2 aliphatic carbocycles. The van der Waals surface area contributed by atoms with Crippen LogP contribution in [0.4, 0.5) is 25.2 Å². The van der Waals surface area contributed by atoms with Crippen molar-refractivity contribution < 1.29 is 49.2 Å². The van der Waals surface area contributed by atoms with E-state index < -0.39 is 7.81 Å². The van der Waals surface area contributed by atoms with Crippen molar-refractivity contribution in [2.24, 2.45) is 5.92 Å². The summed E-state index contributed by atoms with van der Waals surface area (Å²) in [7, 11) is -10.7. The molecule has 5 rings (SSSR count). The first kappa shape index (κ1) is 42.3. The molecule has 263 valence electrons. The molecular weight excluding hydrogens is 730 g/mol. The van der Waals surface area contributed by atoms with E-state index in [-0.39, 0.29) is 25.4 Å². The fourth-order valence-electron chi connectivity index (χ4n) is 5.57. The summed E-state index contributed by atoms with van der Waals surface area (Å²) in [6.07, 6.45) is 25.8. The summed E-state index contributed by atoms with van der Waals surface area (Å²) in [4.78, 5) is 0. The molecule has 2 aliphatic rings. The van der Waals surface area contributed by atoms with Gasteiger partial charge in [-0.1, -0.05) is 105 Å². The van der Waals surface area contributed by atoms with Gasteiger partial charge in [-0.2, -0.15) is 0 Å². The van der Waals surface area contributed by atoms with E-state index in [1.807, 2.05) is 32.1 Å². The smallest absolute Gasteiger partial charge is 0.0312 e. The first-order valence-electron chi connectivity index (χ1n) is 16.0. The second-order valence-electron chi connectivity index (χ2n) is 13.0. The molecule has 2 aromatic carbocycles. The fourth-order valence-corrected chi connectivity index (χ4v) is 5.57. The molecule has 1 aromatic heterocycles. The minimum Gasteiger partial charge on any atom is -0.0312 e. The van der Waals surface area contributed by atoms with Crippen molar-refractivity contribution in [3.8, 4) is 11.4 Å². The van der Waals surface area contributed by atoms with Crippen LogP contribution in [0.1, 0.15) is 107 Å². The van der Waals surface area contributed by atoms with E-state index in [9.17, 15) is 25.2 Å². The first-order chi connectivity index (χ1) is 21.7. The largest absolute Gasteiger partial charge is 2.00 e. The molecule has 3 aromatic rings. The van der Waals surface area contributed by atoms with Gasteiger partial charge < -0.3 is 0 Å². The van der Waals surface area contributed by atoms with Gasteiger partial charge in [-0.15, -0.1) is 5.92 Å². The normalized spacial score (nSPS) is 16.6. The molecule has 0 bridgehead atoms. The number of nitrogens with zero attached hydrogens (tertiary/aromatic N) is 2. The molecule has 2 saturated carbocycles. The molecular formula is C38H47F6N2PRu+. The summed E-state index contributed by atoms with van der Waals surface area (Å²) in [6.45, 7) is 18.4. The molecule has 0 spiro atoms. The minimum atomic E-state index is -10.7. The van der Waals surface area contributed by atoms with Gasteiger partial charge in [-0.3, -0.25) is 6.42 Å². The summed E-state index contributed by atoms with van der Waals surface area (Å²) < 4.78 is 64.1. The van der Waals surface area contributed by atoms with Gasteiger partial charge in [0, 0.05) is 22.3 Å². The molecule has 48 heavy (non-hydrogen) atoms. The monoisotopic (exact) mass is 778 g/mol. The third-order valence-electron chi connectivity index (χ3n) is 7.70. The zero-order valence-corrected chi connectivity index (χ0v) is 31.4. The Morgan fingerprint density at radius 3 is 1.31 bits per heavy atom. The Balaban J connectivity index is 0.000000520. The van der Waals surface area contributed by atoms with E-state index in [4.69, 9.17) is 0 Å². The number of rotatable bonds is 8. The maximum atomic E-state index is 9.87. The predicted octanol–water partition coefficient (Wildman–Crippen LogP) is 12.6. The van der Waals surface area contributed by atoms with E-state index in [1.54, 1.807) is 0 Å². The Morgan fingerprint density at radius 1 is 0.604 bits per heavy atom. The summed E-state index contributed by atoms with van der Waals surface area (Å²) in [5.74, 6) is 3.26. The maximum Gasteiger partial charge on any atom is 2.00 e. The van der Waals surface area contributed by atoms with Crippen molar-refractivity contribution in [3.05, 3.63) is 141 Å². The van der Waals surface area contributed by atoms with E-state index in [0.29, 0.717) is 23.7 Å². The molecule has 1 heterocycles. The first-order valence-corrected chi connectivity index (χ1v) is 18.0. The SMILES string of the molecule is CC(C)c1cccc(C(C)C)c1-n1cc[n+](-c2c(C(C)C)cccc2C(C)C)c1[CH-]C1[CH][CH][CH][CH]1.F[P-](F)(F)(F)(F)F.[CH]1[CH][CH][CH][CH]1.[Ru+2]. The van der Waals surface area contributed by atoms with Crippen LogP contribution in [0.3, 0.4) is 0 Å². The Kier molecular flexibility index (Phi) is 14.5. The number of halogens is 6. The van der Waals surface area contributed by atoms with Crippen LogP contribution >= 0.6 is 7.81 Å². The summed E-state index contributed by atoms with van der Waals surface area (Å²) >= 11 is 0. The summed E-state index contributed by atoms with van der Waals surface area (Å²) in [6, 6.07) is 13.7.